The maximum Gasteiger partial charge on any atom is 0.101 e. The molecule has 0 amide bonds. The van der Waals surface area contributed by atoms with Crippen molar-refractivity contribution < 1.29 is 10.1 Å². The molecule has 0 aliphatic heterocycles. The zero-order valence-corrected chi connectivity index (χ0v) is 15.0. The highest BCUT2D eigenvalue weighted by Gasteiger charge is 2.51. The van der Waals surface area contributed by atoms with Crippen LogP contribution in [0, 0.1) is 29.1 Å². The zero-order valence-electron chi connectivity index (χ0n) is 15.0. The van der Waals surface area contributed by atoms with Crippen molar-refractivity contribution in [3.63, 3.8) is 0 Å². The summed E-state index contributed by atoms with van der Waals surface area (Å²) in [5, 5.41) is 9.76. The molecule has 2 aliphatic rings. The van der Waals surface area contributed by atoms with Gasteiger partial charge in [0.15, 0.2) is 0 Å². The smallest absolute Gasteiger partial charge is 0.101 e. The Kier molecular flexibility index (Phi) is 4.85. The largest absolute Gasteiger partial charge is 0.252 e. The summed E-state index contributed by atoms with van der Waals surface area (Å²) < 4.78 is 0. The molecule has 2 bridgehead atoms. The SMILES string of the molecule is CC(c1ccccc1)C(C)C(OO)C(C)(C)C1CC2CCC1C2. The van der Waals surface area contributed by atoms with Gasteiger partial charge in [-0.05, 0) is 59.8 Å². The number of benzene rings is 1. The second-order valence-corrected chi connectivity index (χ2v) is 8.69. The molecule has 6 atom stereocenters. The summed E-state index contributed by atoms with van der Waals surface area (Å²) in [5.74, 6) is 3.09. The molecular formula is C21H32O2. The van der Waals surface area contributed by atoms with Crippen LogP contribution in [0.25, 0.3) is 0 Å². The van der Waals surface area contributed by atoms with E-state index >= 15 is 0 Å². The summed E-state index contributed by atoms with van der Waals surface area (Å²) in [6.07, 6.45) is 5.39. The van der Waals surface area contributed by atoms with Crippen molar-refractivity contribution in [1.82, 2.24) is 0 Å². The Balaban J connectivity index is 1.78. The van der Waals surface area contributed by atoms with Crippen molar-refractivity contribution in [3.05, 3.63) is 35.9 Å². The normalized spacial score (nSPS) is 31.1. The fourth-order valence-electron chi connectivity index (χ4n) is 5.60. The van der Waals surface area contributed by atoms with Crippen molar-refractivity contribution in [1.29, 1.82) is 0 Å². The number of hydrogen-bond donors (Lipinski definition) is 1. The average Bonchev–Trinajstić information content (AvgIpc) is 3.18. The van der Waals surface area contributed by atoms with Crippen LogP contribution in [0.15, 0.2) is 30.3 Å². The minimum Gasteiger partial charge on any atom is -0.252 e. The van der Waals surface area contributed by atoms with Gasteiger partial charge in [0.1, 0.15) is 6.10 Å². The molecule has 1 aromatic carbocycles. The van der Waals surface area contributed by atoms with Gasteiger partial charge in [-0.25, -0.2) is 4.89 Å². The third-order valence-corrected chi connectivity index (χ3v) is 7.13. The summed E-state index contributed by atoms with van der Waals surface area (Å²) in [7, 11) is 0. The molecule has 1 aromatic rings. The number of rotatable bonds is 6. The Morgan fingerprint density at radius 2 is 1.78 bits per heavy atom. The van der Waals surface area contributed by atoms with Crippen molar-refractivity contribution in [2.75, 3.05) is 0 Å². The van der Waals surface area contributed by atoms with Gasteiger partial charge in [-0.2, -0.15) is 0 Å². The molecule has 2 aliphatic carbocycles. The van der Waals surface area contributed by atoms with Crippen LogP contribution in [0.1, 0.15) is 64.9 Å². The van der Waals surface area contributed by atoms with E-state index in [9.17, 15) is 5.26 Å². The van der Waals surface area contributed by atoms with E-state index in [4.69, 9.17) is 4.89 Å². The number of fused-ring (bicyclic) bond motifs is 2. The molecule has 0 heterocycles. The molecule has 23 heavy (non-hydrogen) atoms. The van der Waals surface area contributed by atoms with Crippen LogP contribution in [0.4, 0.5) is 0 Å². The quantitative estimate of drug-likeness (QED) is 0.535. The fourth-order valence-corrected chi connectivity index (χ4v) is 5.60. The van der Waals surface area contributed by atoms with Gasteiger partial charge in [-0.15, -0.1) is 0 Å². The molecule has 2 fully saturated rings. The second-order valence-electron chi connectivity index (χ2n) is 8.69. The molecule has 3 rings (SSSR count). The molecule has 0 aromatic heterocycles. The lowest BCUT2D eigenvalue weighted by atomic mass is 9.63. The van der Waals surface area contributed by atoms with Gasteiger partial charge in [0.05, 0.1) is 0 Å². The van der Waals surface area contributed by atoms with Crippen molar-refractivity contribution in [3.8, 4) is 0 Å². The van der Waals surface area contributed by atoms with E-state index in [0.29, 0.717) is 11.8 Å². The summed E-state index contributed by atoms with van der Waals surface area (Å²) in [4.78, 5) is 5.14. The van der Waals surface area contributed by atoms with Gasteiger partial charge in [-0.1, -0.05) is 64.4 Å². The summed E-state index contributed by atoms with van der Waals surface area (Å²) >= 11 is 0. The fraction of sp³-hybridized carbons (Fsp3) is 0.714. The topological polar surface area (TPSA) is 29.5 Å². The van der Waals surface area contributed by atoms with Crippen LogP contribution in [0.3, 0.4) is 0 Å². The molecule has 2 nitrogen and oxygen atoms in total. The highest BCUT2D eigenvalue weighted by atomic mass is 17.1. The second kappa shape index (κ2) is 6.57. The van der Waals surface area contributed by atoms with Gasteiger partial charge < -0.3 is 0 Å². The molecule has 2 saturated carbocycles. The zero-order chi connectivity index (χ0) is 16.6. The lowest BCUT2D eigenvalue weighted by molar-refractivity contribution is -0.320. The van der Waals surface area contributed by atoms with Gasteiger partial charge in [0, 0.05) is 0 Å². The lowest BCUT2D eigenvalue weighted by Crippen LogP contribution is -2.45. The van der Waals surface area contributed by atoms with Gasteiger partial charge in [-0.3, -0.25) is 5.26 Å². The highest BCUT2D eigenvalue weighted by Crippen LogP contribution is 2.57. The van der Waals surface area contributed by atoms with Gasteiger partial charge in [0.2, 0.25) is 0 Å². The average molecular weight is 316 g/mol. The Morgan fingerprint density at radius 1 is 1.09 bits per heavy atom. The van der Waals surface area contributed by atoms with Crippen LogP contribution < -0.4 is 0 Å². The Hall–Kier alpha value is -0.860. The highest BCUT2D eigenvalue weighted by molar-refractivity contribution is 5.20. The standard InChI is InChI=1S/C21H32O2/c1-14(17-8-6-5-7-9-17)15(2)20(23-22)21(3,4)19-13-16-10-11-18(19)12-16/h5-9,14-16,18-20,22H,10-13H2,1-4H3. The summed E-state index contributed by atoms with van der Waals surface area (Å²) in [6, 6.07) is 10.6. The third-order valence-electron chi connectivity index (χ3n) is 7.13. The van der Waals surface area contributed by atoms with E-state index in [-0.39, 0.29) is 17.4 Å². The Labute approximate surface area is 141 Å². The monoisotopic (exact) mass is 316 g/mol. The minimum atomic E-state index is -0.123. The van der Waals surface area contributed by atoms with Crippen LogP contribution >= 0.6 is 0 Å². The Morgan fingerprint density at radius 3 is 2.30 bits per heavy atom. The maximum atomic E-state index is 9.76. The molecule has 0 spiro atoms. The van der Waals surface area contributed by atoms with E-state index in [2.05, 4.69) is 58.0 Å². The number of hydrogen-bond acceptors (Lipinski definition) is 2. The van der Waals surface area contributed by atoms with Crippen LogP contribution in [0.5, 0.6) is 0 Å². The predicted molar refractivity (Wildman–Crippen MR) is 94.2 cm³/mol. The first kappa shape index (κ1) is 17.0. The van der Waals surface area contributed by atoms with E-state index in [1.807, 2.05) is 0 Å². The summed E-state index contributed by atoms with van der Waals surface area (Å²) in [5.41, 5.74) is 1.34. The third kappa shape index (κ3) is 3.08. The molecule has 1 N–H and O–H groups in total. The van der Waals surface area contributed by atoms with E-state index in [1.54, 1.807) is 0 Å². The maximum absolute atomic E-state index is 9.76. The molecular weight excluding hydrogens is 284 g/mol. The predicted octanol–water partition coefficient (Wildman–Crippen LogP) is 5.75. The van der Waals surface area contributed by atoms with Gasteiger partial charge in [0.25, 0.3) is 0 Å². The Bertz CT molecular complexity index is 510. The lowest BCUT2D eigenvalue weighted by Gasteiger charge is -2.45. The molecule has 128 valence electrons. The first-order valence-electron chi connectivity index (χ1n) is 9.30. The van der Waals surface area contributed by atoms with Crippen LogP contribution in [0.2, 0.25) is 0 Å². The molecule has 6 unspecified atom stereocenters. The van der Waals surface area contributed by atoms with Crippen molar-refractivity contribution >= 4 is 0 Å². The molecule has 2 heteroatoms. The molecule has 0 saturated heterocycles. The first-order valence-corrected chi connectivity index (χ1v) is 9.30. The molecule has 0 radical (unpaired) electrons. The van der Waals surface area contributed by atoms with E-state index < -0.39 is 0 Å². The van der Waals surface area contributed by atoms with Crippen LogP contribution in [-0.2, 0) is 4.89 Å². The van der Waals surface area contributed by atoms with E-state index in [1.165, 1.54) is 31.2 Å². The first-order chi connectivity index (χ1) is 10.9. The van der Waals surface area contributed by atoms with Crippen molar-refractivity contribution in [2.24, 2.45) is 29.1 Å². The van der Waals surface area contributed by atoms with E-state index in [0.717, 1.165) is 11.8 Å². The van der Waals surface area contributed by atoms with Crippen LogP contribution in [-0.4, -0.2) is 11.4 Å². The van der Waals surface area contributed by atoms with Crippen molar-refractivity contribution in [2.45, 2.75) is 65.4 Å². The summed E-state index contributed by atoms with van der Waals surface area (Å²) in [6.45, 7) is 9.11. The van der Waals surface area contributed by atoms with Gasteiger partial charge >= 0.3 is 0 Å². The minimum absolute atomic E-state index is 0.0110.